The highest BCUT2D eigenvalue weighted by molar-refractivity contribution is 9.10. The van der Waals surface area contributed by atoms with E-state index in [0.717, 1.165) is 27.7 Å². The molecule has 0 bridgehead atoms. The third-order valence-corrected chi connectivity index (χ3v) is 6.91. The maximum absolute atomic E-state index is 12.6. The highest BCUT2D eigenvalue weighted by Crippen LogP contribution is 2.37. The van der Waals surface area contributed by atoms with Gasteiger partial charge >= 0.3 is 0 Å². The van der Waals surface area contributed by atoms with Crippen LogP contribution in [-0.2, 0) is 17.8 Å². The molecule has 35 heavy (non-hydrogen) atoms. The summed E-state index contributed by atoms with van der Waals surface area (Å²) in [6.45, 7) is 2.33. The van der Waals surface area contributed by atoms with Crippen molar-refractivity contribution in [2.24, 2.45) is 4.99 Å². The molecule has 0 radical (unpaired) electrons. The van der Waals surface area contributed by atoms with Crippen molar-refractivity contribution in [2.45, 2.75) is 20.0 Å². The molecule has 0 aromatic heterocycles. The van der Waals surface area contributed by atoms with Crippen LogP contribution in [-0.4, -0.2) is 18.2 Å². The van der Waals surface area contributed by atoms with E-state index >= 15 is 0 Å². The summed E-state index contributed by atoms with van der Waals surface area (Å²) in [7, 11) is 1.56. The maximum Gasteiger partial charge on any atom is 0.264 e. The summed E-state index contributed by atoms with van der Waals surface area (Å²) in [6.07, 6.45) is 2.74. The zero-order valence-corrected chi connectivity index (χ0v) is 21.6. The largest absolute Gasteiger partial charge is 0.493 e. The minimum absolute atomic E-state index is 0.210. The molecular formula is C27H22BrN3O3S. The Hall–Kier alpha value is -3.54. The molecule has 1 saturated heterocycles. The number of benzene rings is 3. The third-order valence-electron chi connectivity index (χ3n) is 5.32. The van der Waals surface area contributed by atoms with E-state index in [2.05, 4.69) is 39.2 Å². The van der Waals surface area contributed by atoms with Crippen LogP contribution in [0.2, 0.25) is 0 Å². The highest BCUT2D eigenvalue weighted by Gasteiger charge is 2.24. The average molecular weight is 548 g/mol. The number of rotatable bonds is 7. The average Bonchev–Trinajstić information content (AvgIpc) is 3.22. The fourth-order valence-corrected chi connectivity index (χ4v) is 4.66. The van der Waals surface area contributed by atoms with Gasteiger partial charge in [0, 0.05) is 10.0 Å². The Kier molecular flexibility index (Phi) is 7.91. The number of carbonyl (C=O) groups excluding carboxylic acids is 1. The molecule has 0 saturated carbocycles. The predicted molar refractivity (Wildman–Crippen MR) is 143 cm³/mol. The van der Waals surface area contributed by atoms with Crippen molar-refractivity contribution in [3.05, 3.63) is 92.3 Å². The number of amidine groups is 1. The molecule has 3 aromatic rings. The monoisotopic (exact) mass is 547 g/mol. The second-order valence-corrected chi connectivity index (χ2v) is 9.47. The van der Waals surface area contributed by atoms with Gasteiger partial charge in [-0.15, -0.1) is 0 Å². The summed E-state index contributed by atoms with van der Waals surface area (Å²) >= 11 is 4.85. The van der Waals surface area contributed by atoms with Gasteiger partial charge < -0.3 is 14.8 Å². The molecule has 0 unspecified atom stereocenters. The lowest BCUT2D eigenvalue weighted by Gasteiger charge is -2.13. The fraction of sp³-hybridized carbons (Fsp3) is 0.148. The standard InChI is InChI=1S/C27H22BrN3O3S/c1-3-17-8-10-21(11-9-17)30-27-31-26(32)25(35-27)13-20-12-23(33-2)24(14-22(20)28)34-16-19-7-5-4-6-18(19)15-29/h4-14H,3,16H2,1-2H3,(H,30,31,32)/b25-13-. The molecule has 1 fully saturated rings. The second-order valence-electron chi connectivity index (χ2n) is 7.58. The number of aliphatic imine (C=N–C) groups is 1. The maximum atomic E-state index is 12.6. The van der Waals surface area contributed by atoms with Gasteiger partial charge in [-0.25, -0.2) is 4.99 Å². The minimum atomic E-state index is -0.210. The number of aryl methyl sites for hydroxylation is 1. The molecule has 1 heterocycles. The first kappa shape index (κ1) is 24.6. The van der Waals surface area contributed by atoms with E-state index in [1.165, 1.54) is 17.3 Å². The molecule has 1 aliphatic rings. The number of amides is 1. The van der Waals surface area contributed by atoms with Crippen LogP contribution in [0.15, 0.2) is 75.0 Å². The molecule has 4 rings (SSSR count). The Balaban J connectivity index is 1.53. The van der Waals surface area contributed by atoms with E-state index < -0.39 is 0 Å². The smallest absolute Gasteiger partial charge is 0.264 e. The SMILES string of the molecule is CCc1ccc(N=C2NC(=O)/C(=C/c3cc(OC)c(OCc4ccccc4C#N)cc3Br)S2)cc1. The Labute approximate surface area is 216 Å². The summed E-state index contributed by atoms with van der Waals surface area (Å²) in [5, 5.41) is 12.6. The van der Waals surface area contributed by atoms with Crippen LogP contribution < -0.4 is 14.8 Å². The molecule has 1 amide bonds. The van der Waals surface area contributed by atoms with Crippen molar-refractivity contribution in [2.75, 3.05) is 7.11 Å². The van der Waals surface area contributed by atoms with Gasteiger partial charge in [-0.3, -0.25) is 4.79 Å². The molecule has 8 heteroatoms. The van der Waals surface area contributed by atoms with Crippen LogP contribution in [0.4, 0.5) is 5.69 Å². The highest BCUT2D eigenvalue weighted by atomic mass is 79.9. The topological polar surface area (TPSA) is 83.7 Å². The minimum Gasteiger partial charge on any atom is -0.493 e. The molecule has 1 aliphatic heterocycles. The zero-order valence-electron chi connectivity index (χ0n) is 19.2. The molecule has 6 nitrogen and oxygen atoms in total. The van der Waals surface area contributed by atoms with Crippen molar-refractivity contribution in [1.82, 2.24) is 5.32 Å². The summed E-state index contributed by atoms with van der Waals surface area (Å²) < 4.78 is 12.2. The lowest BCUT2D eigenvalue weighted by Crippen LogP contribution is -2.19. The molecule has 1 N–H and O–H groups in total. The Morgan fingerprint density at radius 3 is 2.63 bits per heavy atom. The van der Waals surface area contributed by atoms with Gasteiger partial charge in [0.2, 0.25) is 0 Å². The Morgan fingerprint density at radius 2 is 1.91 bits per heavy atom. The zero-order chi connectivity index (χ0) is 24.8. The Morgan fingerprint density at radius 1 is 1.14 bits per heavy atom. The van der Waals surface area contributed by atoms with Crippen LogP contribution in [0.3, 0.4) is 0 Å². The van der Waals surface area contributed by atoms with E-state index in [1.54, 1.807) is 31.4 Å². The lowest BCUT2D eigenvalue weighted by atomic mass is 10.1. The van der Waals surface area contributed by atoms with Crippen molar-refractivity contribution in [3.63, 3.8) is 0 Å². The number of halogens is 1. The van der Waals surface area contributed by atoms with Crippen molar-refractivity contribution in [1.29, 1.82) is 5.26 Å². The van der Waals surface area contributed by atoms with Crippen LogP contribution in [0.1, 0.15) is 29.2 Å². The number of carbonyl (C=O) groups is 1. The van der Waals surface area contributed by atoms with E-state index in [4.69, 9.17) is 9.47 Å². The van der Waals surface area contributed by atoms with Gasteiger partial charge in [0.25, 0.3) is 5.91 Å². The normalized spacial score (nSPS) is 15.2. The number of nitriles is 1. The number of hydrogen-bond acceptors (Lipinski definition) is 6. The molecule has 0 spiro atoms. The molecule has 3 aromatic carbocycles. The van der Waals surface area contributed by atoms with Crippen LogP contribution in [0.5, 0.6) is 11.5 Å². The molecule has 176 valence electrons. The van der Waals surface area contributed by atoms with Gasteiger partial charge in [-0.05, 0) is 65.7 Å². The lowest BCUT2D eigenvalue weighted by molar-refractivity contribution is -0.115. The van der Waals surface area contributed by atoms with E-state index in [-0.39, 0.29) is 12.5 Å². The van der Waals surface area contributed by atoms with Crippen molar-refractivity contribution in [3.8, 4) is 17.6 Å². The van der Waals surface area contributed by atoms with Gasteiger partial charge in [0.05, 0.1) is 29.3 Å². The first-order valence-corrected chi connectivity index (χ1v) is 12.5. The Bertz CT molecular complexity index is 1360. The number of thioether (sulfide) groups is 1. The molecule has 0 aliphatic carbocycles. The molecule has 0 atom stereocenters. The number of methoxy groups -OCH3 is 1. The van der Waals surface area contributed by atoms with Crippen molar-refractivity contribution < 1.29 is 14.3 Å². The number of nitrogens with zero attached hydrogens (tertiary/aromatic N) is 2. The van der Waals surface area contributed by atoms with Gasteiger partial charge in [0.15, 0.2) is 16.7 Å². The fourth-order valence-electron chi connectivity index (χ4n) is 3.39. The van der Waals surface area contributed by atoms with Crippen LogP contribution >= 0.6 is 27.7 Å². The van der Waals surface area contributed by atoms with E-state index in [0.29, 0.717) is 27.1 Å². The van der Waals surface area contributed by atoms with Crippen LogP contribution in [0, 0.1) is 11.3 Å². The predicted octanol–water partition coefficient (Wildman–Crippen LogP) is 6.36. The summed E-state index contributed by atoms with van der Waals surface area (Å²) in [6, 6.07) is 21.0. The number of nitrogens with one attached hydrogen (secondary N) is 1. The van der Waals surface area contributed by atoms with Crippen molar-refractivity contribution >= 4 is 50.5 Å². The van der Waals surface area contributed by atoms with Gasteiger partial charge in [0.1, 0.15) is 6.61 Å². The first-order chi connectivity index (χ1) is 17.0. The van der Waals surface area contributed by atoms with Gasteiger partial charge in [-0.2, -0.15) is 5.26 Å². The van der Waals surface area contributed by atoms with Crippen LogP contribution in [0.25, 0.3) is 6.08 Å². The quantitative estimate of drug-likeness (QED) is 0.348. The molecular weight excluding hydrogens is 526 g/mol. The third kappa shape index (κ3) is 5.94. The number of ether oxygens (including phenoxy) is 2. The second kappa shape index (κ2) is 11.3. The number of hydrogen-bond donors (Lipinski definition) is 1. The van der Waals surface area contributed by atoms with E-state index in [1.807, 2.05) is 42.5 Å². The summed E-state index contributed by atoms with van der Waals surface area (Å²) in [4.78, 5) is 17.6. The summed E-state index contributed by atoms with van der Waals surface area (Å²) in [5.74, 6) is 0.830. The first-order valence-electron chi connectivity index (χ1n) is 10.9. The van der Waals surface area contributed by atoms with E-state index in [9.17, 15) is 10.1 Å². The summed E-state index contributed by atoms with van der Waals surface area (Å²) in [5.41, 5.74) is 4.13. The van der Waals surface area contributed by atoms with Gasteiger partial charge in [-0.1, -0.05) is 53.2 Å².